The fourth-order valence-electron chi connectivity index (χ4n) is 2.48. The third-order valence-corrected chi connectivity index (χ3v) is 3.86. The highest BCUT2D eigenvalue weighted by Crippen LogP contribution is 2.33. The van der Waals surface area contributed by atoms with Crippen LogP contribution in [0.2, 0.25) is 0 Å². The third kappa shape index (κ3) is 3.73. The first-order chi connectivity index (χ1) is 11.8. The molecule has 1 aromatic carbocycles. The first-order valence-corrected chi connectivity index (χ1v) is 7.49. The molecule has 134 valence electrons. The van der Waals surface area contributed by atoms with Crippen molar-refractivity contribution in [2.45, 2.75) is 26.3 Å². The largest absolute Gasteiger partial charge is 0.496 e. The Hall–Kier alpha value is -3.03. The van der Waals surface area contributed by atoms with E-state index in [0.717, 1.165) is 0 Å². The van der Waals surface area contributed by atoms with Crippen molar-refractivity contribution in [2.24, 2.45) is 0 Å². The number of carbonyl (C=O) groups is 2. The number of fused-ring (bicyclic) bond motifs is 1. The maximum absolute atomic E-state index is 12.3. The molecular weight excluding hydrogens is 330 g/mol. The predicted molar refractivity (Wildman–Crippen MR) is 89.3 cm³/mol. The number of amides is 1. The van der Waals surface area contributed by atoms with Crippen LogP contribution in [0.5, 0.6) is 11.5 Å². The van der Waals surface area contributed by atoms with Gasteiger partial charge in [0.2, 0.25) is 5.91 Å². The minimum absolute atomic E-state index is 0.144. The summed E-state index contributed by atoms with van der Waals surface area (Å²) < 4.78 is 15.8. The first-order valence-electron chi connectivity index (χ1n) is 7.49. The standard InChI is InChI=1S/C17H19NO7/c1-8-11(7-14(19)18-9(2)16(20)21)17(22)25-13-6-10(23-3)5-12(24-4)15(8)13/h5-6,9H,7H2,1-4H3,(H,18,19)(H,20,21)/t9-/m0/s1. The average Bonchev–Trinajstić information content (AvgIpc) is 2.56. The maximum Gasteiger partial charge on any atom is 0.340 e. The molecule has 0 aliphatic carbocycles. The Morgan fingerprint density at radius 3 is 2.52 bits per heavy atom. The summed E-state index contributed by atoms with van der Waals surface area (Å²) in [5.74, 6) is -0.842. The van der Waals surface area contributed by atoms with Crippen molar-refractivity contribution in [1.29, 1.82) is 0 Å². The Morgan fingerprint density at radius 1 is 1.28 bits per heavy atom. The number of carbonyl (C=O) groups excluding carboxylic acids is 1. The van der Waals surface area contributed by atoms with Crippen molar-refractivity contribution in [1.82, 2.24) is 5.32 Å². The van der Waals surface area contributed by atoms with E-state index in [2.05, 4.69) is 5.32 Å². The van der Waals surface area contributed by atoms with Crippen LogP contribution in [0.15, 0.2) is 21.3 Å². The van der Waals surface area contributed by atoms with E-state index in [0.29, 0.717) is 22.4 Å². The highest BCUT2D eigenvalue weighted by molar-refractivity contribution is 5.91. The molecule has 2 aromatic rings. The Labute approximate surface area is 143 Å². The Kier molecular flexibility index (Phi) is 5.31. The van der Waals surface area contributed by atoms with Crippen molar-refractivity contribution < 1.29 is 28.6 Å². The van der Waals surface area contributed by atoms with Crippen molar-refractivity contribution in [2.75, 3.05) is 14.2 Å². The van der Waals surface area contributed by atoms with E-state index in [1.165, 1.54) is 21.1 Å². The molecule has 1 aromatic heterocycles. The summed E-state index contributed by atoms with van der Waals surface area (Å²) in [7, 11) is 2.95. The number of carboxylic acids is 1. The molecule has 0 aliphatic heterocycles. The van der Waals surface area contributed by atoms with Gasteiger partial charge >= 0.3 is 11.6 Å². The predicted octanol–water partition coefficient (Wildman–Crippen LogP) is 1.25. The fourth-order valence-corrected chi connectivity index (χ4v) is 2.48. The Morgan fingerprint density at radius 2 is 1.96 bits per heavy atom. The second kappa shape index (κ2) is 7.25. The van der Waals surface area contributed by atoms with E-state index in [1.54, 1.807) is 19.1 Å². The molecule has 0 saturated heterocycles. The molecule has 1 amide bonds. The summed E-state index contributed by atoms with van der Waals surface area (Å²) in [5, 5.41) is 11.7. The minimum Gasteiger partial charge on any atom is -0.496 e. The van der Waals surface area contributed by atoms with Crippen LogP contribution in [0.1, 0.15) is 18.1 Å². The van der Waals surface area contributed by atoms with Crippen molar-refractivity contribution in [3.63, 3.8) is 0 Å². The van der Waals surface area contributed by atoms with Crippen LogP contribution in [0, 0.1) is 6.92 Å². The van der Waals surface area contributed by atoms with Gasteiger partial charge in [-0.05, 0) is 19.4 Å². The van der Waals surface area contributed by atoms with Crippen LogP contribution < -0.4 is 20.4 Å². The summed E-state index contributed by atoms with van der Waals surface area (Å²) in [6.45, 7) is 3.02. The second-order valence-electron chi connectivity index (χ2n) is 5.50. The quantitative estimate of drug-likeness (QED) is 0.754. The van der Waals surface area contributed by atoms with E-state index >= 15 is 0 Å². The normalized spacial score (nSPS) is 11.8. The number of carboxylic acid groups (broad SMARTS) is 1. The van der Waals surface area contributed by atoms with Gasteiger partial charge in [-0.2, -0.15) is 0 Å². The maximum atomic E-state index is 12.3. The van der Waals surface area contributed by atoms with Crippen LogP contribution in [0.4, 0.5) is 0 Å². The van der Waals surface area contributed by atoms with E-state index < -0.39 is 23.5 Å². The zero-order valence-electron chi connectivity index (χ0n) is 14.3. The summed E-state index contributed by atoms with van der Waals surface area (Å²) in [6, 6.07) is 2.15. The van der Waals surface area contributed by atoms with E-state index in [4.69, 9.17) is 19.0 Å². The van der Waals surface area contributed by atoms with Gasteiger partial charge in [-0.3, -0.25) is 9.59 Å². The van der Waals surface area contributed by atoms with Crippen LogP contribution >= 0.6 is 0 Å². The molecule has 0 bridgehead atoms. The molecule has 25 heavy (non-hydrogen) atoms. The number of benzene rings is 1. The zero-order valence-corrected chi connectivity index (χ0v) is 14.3. The molecule has 2 rings (SSSR count). The summed E-state index contributed by atoms with van der Waals surface area (Å²) >= 11 is 0. The van der Waals surface area contributed by atoms with Crippen LogP contribution in [-0.2, 0) is 16.0 Å². The molecule has 0 aliphatic rings. The summed E-state index contributed by atoms with van der Waals surface area (Å²) in [4.78, 5) is 35.1. The van der Waals surface area contributed by atoms with Gasteiger partial charge in [-0.15, -0.1) is 0 Å². The highest BCUT2D eigenvalue weighted by atomic mass is 16.5. The smallest absolute Gasteiger partial charge is 0.340 e. The van der Waals surface area contributed by atoms with Crippen LogP contribution in [-0.4, -0.2) is 37.2 Å². The Balaban J connectivity index is 2.50. The number of methoxy groups -OCH3 is 2. The number of aryl methyl sites for hydroxylation is 1. The number of ether oxygens (including phenoxy) is 2. The lowest BCUT2D eigenvalue weighted by atomic mass is 10.0. The highest BCUT2D eigenvalue weighted by Gasteiger charge is 2.20. The number of nitrogens with one attached hydrogen (secondary N) is 1. The van der Waals surface area contributed by atoms with Crippen LogP contribution in [0.25, 0.3) is 11.0 Å². The number of hydrogen-bond acceptors (Lipinski definition) is 6. The van der Waals surface area contributed by atoms with Gasteiger partial charge < -0.3 is 24.3 Å². The van der Waals surface area contributed by atoms with Gasteiger partial charge in [0.15, 0.2) is 0 Å². The zero-order chi connectivity index (χ0) is 18.7. The molecular formula is C17H19NO7. The molecule has 8 heteroatoms. The van der Waals surface area contributed by atoms with Crippen LogP contribution in [0.3, 0.4) is 0 Å². The van der Waals surface area contributed by atoms with Gasteiger partial charge in [0.25, 0.3) is 0 Å². The molecule has 1 heterocycles. The van der Waals surface area contributed by atoms with E-state index in [9.17, 15) is 14.4 Å². The topological polar surface area (TPSA) is 115 Å². The van der Waals surface area contributed by atoms with Gasteiger partial charge in [0, 0.05) is 12.1 Å². The van der Waals surface area contributed by atoms with E-state index in [1.807, 2.05) is 0 Å². The third-order valence-electron chi connectivity index (χ3n) is 3.86. The van der Waals surface area contributed by atoms with Gasteiger partial charge in [-0.25, -0.2) is 4.79 Å². The molecule has 0 saturated carbocycles. The van der Waals surface area contributed by atoms with Gasteiger partial charge in [0.05, 0.1) is 31.6 Å². The molecule has 2 N–H and O–H groups in total. The fraction of sp³-hybridized carbons (Fsp3) is 0.353. The lowest BCUT2D eigenvalue weighted by Gasteiger charge is -2.13. The second-order valence-corrected chi connectivity index (χ2v) is 5.50. The first kappa shape index (κ1) is 18.3. The van der Waals surface area contributed by atoms with Gasteiger partial charge in [0.1, 0.15) is 23.1 Å². The number of aliphatic carboxylic acids is 1. The monoisotopic (exact) mass is 349 g/mol. The molecule has 0 unspecified atom stereocenters. The molecule has 1 atom stereocenters. The van der Waals surface area contributed by atoms with E-state index in [-0.39, 0.29) is 17.6 Å². The molecule has 0 spiro atoms. The molecule has 0 radical (unpaired) electrons. The van der Waals surface area contributed by atoms with Crippen molar-refractivity contribution in [3.8, 4) is 11.5 Å². The Bertz CT molecular complexity index is 885. The lowest BCUT2D eigenvalue weighted by Crippen LogP contribution is -2.39. The SMILES string of the molecule is COc1cc(OC)c2c(C)c(CC(=O)N[C@@H](C)C(=O)O)c(=O)oc2c1. The molecule has 8 nitrogen and oxygen atoms in total. The number of rotatable bonds is 6. The summed E-state index contributed by atoms with van der Waals surface area (Å²) in [6.07, 6.45) is -0.295. The van der Waals surface area contributed by atoms with Gasteiger partial charge in [-0.1, -0.05) is 0 Å². The molecule has 0 fully saturated rings. The minimum atomic E-state index is -1.16. The van der Waals surface area contributed by atoms with Crippen molar-refractivity contribution >= 4 is 22.8 Å². The van der Waals surface area contributed by atoms with Crippen molar-refractivity contribution in [3.05, 3.63) is 33.7 Å². The average molecular weight is 349 g/mol. The lowest BCUT2D eigenvalue weighted by molar-refractivity contribution is -0.141. The number of hydrogen-bond donors (Lipinski definition) is 2. The summed E-state index contributed by atoms with van der Waals surface area (Å²) in [5.41, 5.74) is 0.287.